The van der Waals surface area contributed by atoms with Crippen LogP contribution in [0.2, 0.25) is 0 Å². The third-order valence-corrected chi connectivity index (χ3v) is 6.50. The average molecular weight is 511 g/mol. The number of allylic oxidation sites excluding steroid dienone is 1. The van der Waals surface area contributed by atoms with Crippen LogP contribution < -0.4 is 10.6 Å². The molecule has 0 bridgehead atoms. The molecule has 0 spiro atoms. The SMILES string of the molecule is CNC(=O)c1ccc2nnc(Cc3cccc(-c4ncc(/C(C=N)=C/NCCN5CCCC5)cn4)c3)n2n1. The zero-order valence-corrected chi connectivity index (χ0v) is 21.3. The van der Waals surface area contributed by atoms with Crippen molar-refractivity contribution in [3.63, 3.8) is 0 Å². The van der Waals surface area contributed by atoms with Crippen molar-refractivity contribution < 1.29 is 4.79 Å². The first kappa shape index (κ1) is 25.2. The molecule has 1 fully saturated rings. The van der Waals surface area contributed by atoms with Crippen molar-refractivity contribution in [2.75, 3.05) is 33.2 Å². The van der Waals surface area contributed by atoms with E-state index < -0.39 is 0 Å². The Balaban J connectivity index is 1.28. The van der Waals surface area contributed by atoms with Crippen LogP contribution in [0, 0.1) is 5.41 Å². The second kappa shape index (κ2) is 11.7. The molecule has 38 heavy (non-hydrogen) atoms. The molecule has 1 aromatic carbocycles. The summed E-state index contributed by atoms with van der Waals surface area (Å²) in [5, 5.41) is 26.5. The minimum atomic E-state index is -0.270. The van der Waals surface area contributed by atoms with Crippen LogP contribution >= 0.6 is 0 Å². The Morgan fingerprint density at radius 2 is 1.92 bits per heavy atom. The van der Waals surface area contributed by atoms with Crippen LogP contribution in [0.3, 0.4) is 0 Å². The normalized spacial score (nSPS) is 14.1. The van der Waals surface area contributed by atoms with Gasteiger partial charge >= 0.3 is 0 Å². The summed E-state index contributed by atoms with van der Waals surface area (Å²) in [4.78, 5) is 23.5. The van der Waals surface area contributed by atoms with Crippen molar-refractivity contribution in [3.8, 4) is 11.4 Å². The van der Waals surface area contributed by atoms with Crippen LogP contribution in [-0.2, 0) is 6.42 Å². The summed E-state index contributed by atoms with van der Waals surface area (Å²) < 4.78 is 1.59. The van der Waals surface area contributed by atoms with E-state index in [2.05, 4.69) is 40.8 Å². The number of hydrogen-bond acceptors (Lipinski definition) is 9. The molecule has 0 unspecified atom stereocenters. The molecule has 0 atom stereocenters. The highest BCUT2D eigenvalue weighted by Gasteiger charge is 2.13. The minimum Gasteiger partial charge on any atom is -0.389 e. The molecular formula is C27H30N10O. The highest BCUT2D eigenvalue weighted by molar-refractivity contribution is 6.07. The van der Waals surface area contributed by atoms with Gasteiger partial charge in [0.1, 0.15) is 5.69 Å². The Hall–Kier alpha value is -4.51. The summed E-state index contributed by atoms with van der Waals surface area (Å²) in [6, 6.07) is 11.2. The second-order valence-corrected chi connectivity index (χ2v) is 9.10. The van der Waals surface area contributed by atoms with Crippen molar-refractivity contribution >= 4 is 23.3 Å². The molecule has 194 valence electrons. The van der Waals surface area contributed by atoms with Crippen molar-refractivity contribution in [2.45, 2.75) is 19.3 Å². The maximum atomic E-state index is 12.0. The maximum Gasteiger partial charge on any atom is 0.271 e. The Bertz CT molecular complexity index is 1450. The molecule has 11 nitrogen and oxygen atoms in total. The van der Waals surface area contributed by atoms with E-state index in [9.17, 15) is 4.79 Å². The summed E-state index contributed by atoms with van der Waals surface area (Å²) in [6.45, 7) is 4.19. The smallest absolute Gasteiger partial charge is 0.271 e. The fourth-order valence-electron chi connectivity index (χ4n) is 4.44. The Labute approximate surface area is 220 Å². The number of aromatic nitrogens is 6. The molecule has 11 heteroatoms. The van der Waals surface area contributed by atoms with Crippen LogP contribution in [0.25, 0.3) is 22.6 Å². The molecule has 1 aliphatic rings. The summed E-state index contributed by atoms with van der Waals surface area (Å²) in [6.07, 6.45) is 9.68. The first-order valence-electron chi connectivity index (χ1n) is 12.7. The predicted octanol–water partition coefficient (Wildman–Crippen LogP) is 2.21. The zero-order valence-electron chi connectivity index (χ0n) is 21.3. The quantitative estimate of drug-likeness (QED) is 0.218. The average Bonchev–Trinajstić information content (AvgIpc) is 3.63. The van der Waals surface area contributed by atoms with Crippen molar-refractivity contribution in [1.29, 1.82) is 5.41 Å². The number of rotatable bonds is 10. The molecular weight excluding hydrogens is 480 g/mol. The van der Waals surface area contributed by atoms with E-state index in [4.69, 9.17) is 5.41 Å². The lowest BCUT2D eigenvalue weighted by molar-refractivity contribution is 0.0957. The summed E-state index contributed by atoms with van der Waals surface area (Å²) in [5.74, 6) is 0.943. The van der Waals surface area contributed by atoms with E-state index in [1.807, 2.05) is 30.5 Å². The van der Waals surface area contributed by atoms with Gasteiger partial charge in [0.15, 0.2) is 17.3 Å². The van der Waals surface area contributed by atoms with Gasteiger partial charge in [-0.15, -0.1) is 10.2 Å². The van der Waals surface area contributed by atoms with E-state index in [-0.39, 0.29) is 5.91 Å². The number of carbonyl (C=O) groups excluding carboxylic acids is 1. The lowest BCUT2D eigenvalue weighted by Gasteiger charge is -2.14. The Morgan fingerprint density at radius 1 is 1.11 bits per heavy atom. The second-order valence-electron chi connectivity index (χ2n) is 9.10. The standard InChI is InChI=1S/C27H30N10O/c1-29-27(38)23-7-8-24-33-34-25(37(24)35-23)14-19-5-4-6-20(13-19)26-31-17-22(18-32-26)21(15-28)16-30-9-12-36-10-2-3-11-36/h4-8,13,15-18,28,30H,2-3,9-12,14H2,1H3,(H,29,38)/b21-16+,28-15?. The fraction of sp³-hybridized carbons (Fsp3) is 0.296. The third kappa shape index (κ3) is 5.73. The maximum absolute atomic E-state index is 12.0. The van der Waals surface area contributed by atoms with Gasteiger partial charge in [0, 0.05) is 68.1 Å². The predicted molar refractivity (Wildman–Crippen MR) is 145 cm³/mol. The molecule has 1 saturated heterocycles. The molecule has 1 aliphatic heterocycles. The third-order valence-electron chi connectivity index (χ3n) is 6.50. The number of benzene rings is 1. The topological polar surface area (TPSA) is 137 Å². The highest BCUT2D eigenvalue weighted by atomic mass is 16.1. The number of hydrogen-bond donors (Lipinski definition) is 3. The van der Waals surface area contributed by atoms with Gasteiger partial charge in [-0.1, -0.05) is 18.2 Å². The van der Waals surface area contributed by atoms with Crippen molar-refractivity contribution in [3.05, 3.63) is 77.6 Å². The minimum absolute atomic E-state index is 0.270. The zero-order chi connectivity index (χ0) is 26.3. The first-order chi connectivity index (χ1) is 18.6. The molecule has 5 rings (SSSR count). The van der Waals surface area contributed by atoms with Gasteiger partial charge in [-0.25, -0.2) is 9.97 Å². The molecule has 0 saturated carbocycles. The molecule has 1 amide bonds. The van der Waals surface area contributed by atoms with E-state index in [1.165, 1.54) is 32.1 Å². The summed E-state index contributed by atoms with van der Waals surface area (Å²) in [7, 11) is 1.57. The Morgan fingerprint density at radius 3 is 2.68 bits per heavy atom. The van der Waals surface area contributed by atoms with Crippen LogP contribution in [0.1, 0.15) is 40.3 Å². The van der Waals surface area contributed by atoms with E-state index in [0.29, 0.717) is 29.4 Å². The van der Waals surface area contributed by atoms with Gasteiger partial charge in [0.2, 0.25) is 0 Å². The van der Waals surface area contributed by atoms with Gasteiger partial charge in [-0.3, -0.25) is 4.79 Å². The van der Waals surface area contributed by atoms with Gasteiger partial charge in [-0.2, -0.15) is 9.61 Å². The number of carbonyl (C=O) groups is 1. The van der Waals surface area contributed by atoms with Gasteiger partial charge in [-0.05, 0) is 49.7 Å². The molecule has 4 aromatic rings. The number of amides is 1. The molecule has 3 aromatic heterocycles. The lowest BCUT2D eigenvalue weighted by Crippen LogP contribution is -2.27. The van der Waals surface area contributed by atoms with Crippen LogP contribution in [0.4, 0.5) is 0 Å². The van der Waals surface area contributed by atoms with E-state index in [1.54, 1.807) is 36.1 Å². The molecule has 0 aliphatic carbocycles. The summed E-state index contributed by atoms with van der Waals surface area (Å²) >= 11 is 0. The highest BCUT2D eigenvalue weighted by Crippen LogP contribution is 2.20. The monoisotopic (exact) mass is 510 g/mol. The van der Waals surface area contributed by atoms with Crippen molar-refractivity contribution in [2.24, 2.45) is 0 Å². The van der Waals surface area contributed by atoms with Gasteiger partial charge in [0.25, 0.3) is 5.91 Å². The number of nitrogens with zero attached hydrogens (tertiary/aromatic N) is 7. The first-order valence-corrected chi connectivity index (χ1v) is 12.7. The summed E-state index contributed by atoms with van der Waals surface area (Å²) in [5.41, 5.74) is 4.23. The molecule has 0 radical (unpaired) electrons. The Kier molecular flexibility index (Phi) is 7.74. The number of nitrogens with one attached hydrogen (secondary N) is 3. The molecule has 3 N–H and O–H groups in total. The van der Waals surface area contributed by atoms with Crippen LogP contribution in [0.5, 0.6) is 0 Å². The van der Waals surface area contributed by atoms with Crippen LogP contribution in [0.15, 0.2) is 55.0 Å². The van der Waals surface area contributed by atoms with E-state index in [0.717, 1.165) is 35.4 Å². The van der Waals surface area contributed by atoms with Crippen molar-refractivity contribution in [1.82, 2.24) is 45.3 Å². The van der Waals surface area contributed by atoms with E-state index >= 15 is 0 Å². The molecule has 4 heterocycles. The number of likely N-dealkylation sites (tertiary alicyclic amines) is 1. The van der Waals surface area contributed by atoms with Crippen LogP contribution in [-0.4, -0.2) is 80.0 Å². The number of fused-ring (bicyclic) bond motifs is 1. The fourth-order valence-corrected chi connectivity index (χ4v) is 4.44. The van der Waals surface area contributed by atoms with Gasteiger partial charge < -0.3 is 20.9 Å². The van der Waals surface area contributed by atoms with Gasteiger partial charge in [0.05, 0.1) is 0 Å². The lowest BCUT2D eigenvalue weighted by atomic mass is 10.1. The largest absolute Gasteiger partial charge is 0.389 e.